The molecule has 2 N–H and O–H groups in total. The summed E-state index contributed by atoms with van der Waals surface area (Å²) in [6.07, 6.45) is 7.13. The molecule has 1 rings (SSSR count). The number of hydrogen-bond donors (Lipinski definition) is 2. The average molecular weight is 331 g/mol. The van der Waals surface area contributed by atoms with Gasteiger partial charge < -0.3 is 0 Å². The Bertz CT molecular complexity index is 360. The fourth-order valence-electron chi connectivity index (χ4n) is 4.13. The van der Waals surface area contributed by atoms with Gasteiger partial charge in [0.25, 0.3) is 0 Å². The first-order valence-corrected chi connectivity index (χ1v) is 11.9. The van der Waals surface area contributed by atoms with Crippen molar-refractivity contribution in [3.63, 3.8) is 0 Å². The third-order valence-electron chi connectivity index (χ3n) is 5.01. The van der Waals surface area contributed by atoms with Crippen LogP contribution >= 0.6 is 0 Å². The molecule has 2 amide bonds. The van der Waals surface area contributed by atoms with E-state index in [1.165, 1.54) is 0 Å². The second-order valence-electron chi connectivity index (χ2n) is 7.42. The minimum absolute atomic E-state index is 0.0701. The van der Waals surface area contributed by atoms with E-state index in [1.807, 2.05) is 0 Å². The van der Waals surface area contributed by atoms with E-state index < -0.39 is 17.9 Å². The second kappa shape index (κ2) is 7.78. The summed E-state index contributed by atoms with van der Waals surface area (Å²) in [7, 11) is 0. The van der Waals surface area contributed by atoms with Crippen molar-refractivity contribution in [1.82, 2.24) is 10.6 Å². The van der Waals surface area contributed by atoms with Gasteiger partial charge >= 0.3 is 135 Å². The Hall–Kier alpha value is -0.346. The normalized spacial score (nSPS) is 31.3. The van der Waals surface area contributed by atoms with Gasteiger partial charge in [-0.25, -0.2) is 0 Å². The fraction of sp³-hybridized carbons (Fsp3) is 0.875. The standard InChI is InChI=1S/C14H25N2O2.2CH3.Ti/c1-4-5-6-11-12(15-9-17)7-14(2,3)8-13(11)16-10-18;;;/h9-12H,4-8H2,1-3H3,(H,15,17)(H,16,18);2*1H3;. The third kappa shape index (κ3) is 4.32. The van der Waals surface area contributed by atoms with Gasteiger partial charge in [-0.05, 0) is 0 Å². The summed E-state index contributed by atoms with van der Waals surface area (Å²) in [5, 5.41) is 11.0. The van der Waals surface area contributed by atoms with Crippen LogP contribution in [0.15, 0.2) is 0 Å². The predicted octanol–water partition coefficient (Wildman–Crippen LogP) is 2.88. The van der Waals surface area contributed by atoms with Crippen molar-refractivity contribution in [3.8, 4) is 0 Å². The monoisotopic (exact) mass is 331 g/mol. The SMILES string of the molecule is CCCCC1C(NC=O)CC(C)(C)C[C]1(NC=O)[Ti]([CH3])[CH3]. The summed E-state index contributed by atoms with van der Waals surface area (Å²) in [5.74, 6) is 0.367. The van der Waals surface area contributed by atoms with Gasteiger partial charge in [0.05, 0.1) is 0 Å². The molecule has 4 nitrogen and oxygen atoms in total. The molecule has 1 aliphatic rings. The number of amides is 2. The molecule has 21 heavy (non-hydrogen) atoms. The van der Waals surface area contributed by atoms with E-state index >= 15 is 0 Å². The molecule has 0 saturated heterocycles. The number of carbonyl (C=O) groups is 2. The molecule has 0 aliphatic heterocycles. The molecule has 3 unspecified atom stereocenters. The first-order valence-electron chi connectivity index (χ1n) is 8.04. The van der Waals surface area contributed by atoms with E-state index in [9.17, 15) is 9.59 Å². The Morgan fingerprint density at radius 1 is 1.24 bits per heavy atom. The molecule has 1 fully saturated rings. The van der Waals surface area contributed by atoms with Crippen molar-refractivity contribution in [3.05, 3.63) is 0 Å². The first kappa shape index (κ1) is 18.7. The Kier molecular flexibility index (Phi) is 6.93. The van der Waals surface area contributed by atoms with Crippen molar-refractivity contribution in [2.45, 2.75) is 73.2 Å². The van der Waals surface area contributed by atoms with Gasteiger partial charge in [-0.2, -0.15) is 0 Å². The van der Waals surface area contributed by atoms with Gasteiger partial charge in [0.1, 0.15) is 0 Å². The van der Waals surface area contributed by atoms with Crippen molar-refractivity contribution in [2.75, 3.05) is 0 Å². The van der Waals surface area contributed by atoms with Crippen LogP contribution in [0.25, 0.3) is 0 Å². The molecule has 0 radical (unpaired) electrons. The summed E-state index contributed by atoms with van der Waals surface area (Å²) in [6.45, 7) is 6.70. The van der Waals surface area contributed by atoms with Gasteiger partial charge in [-0.15, -0.1) is 0 Å². The maximum absolute atomic E-state index is 11.3. The molecule has 0 aromatic heterocycles. The fourth-order valence-corrected chi connectivity index (χ4v) is 7.67. The molecular weight excluding hydrogens is 300 g/mol. The zero-order valence-electron chi connectivity index (χ0n) is 14.2. The molecule has 121 valence electrons. The average Bonchev–Trinajstić information content (AvgIpc) is 2.37. The van der Waals surface area contributed by atoms with Crippen LogP contribution in [0.5, 0.6) is 0 Å². The molecule has 1 saturated carbocycles. The Morgan fingerprint density at radius 3 is 2.38 bits per heavy atom. The van der Waals surface area contributed by atoms with E-state index in [0.29, 0.717) is 5.92 Å². The number of rotatable bonds is 8. The van der Waals surface area contributed by atoms with Gasteiger partial charge in [0.15, 0.2) is 0 Å². The number of nitrogens with one attached hydrogen (secondary N) is 2. The molecule has 0 spiro atoms. The van der Waals surface area contributed by atoms with Crippen molar-refractivity contribution < 1.29 is 27.5 Å². The topological polar surface area (TPSA) is 58.2 Å². The second-order valence-corrected chi connectivity index (χ2v) is 11.9. The zero-order valence-corrected chi connectivity index (χ0v) is 15.7. The molecule has 5 heteroatoms. The number of unbranched alkanes of at least 4 members (excludes halogenated alkanes) is 1. The van der Waals surface area contributed by atoms with Crippen molar-refractivity contribution >= 4 is 12.8 Å². The van der Waals surface area contributed by atoms with E-state index in [-0.39, 0.29) is 15.3 Å². The summed E-state index contributed by atoms with van der Waals surface area (Å²) < 4.78 is -0.0701. The molecular formula is C16H31N2O2Ti. The number of hydrogen-bond acceptors (Lipinski definition) is 2. The summed E-state index contributed by atoms with van der Waals surface area (Å²) in [6, 6.07) is 0.174. The van der Waals surface area contributed by atoms with Crippen LogP contribution in [0.3, 0.4) is 0 Å². The van der Waals surface area contributed by atoms with E-state index in [1.54, 1.807) is 0 Å². The zero-order chi connectivity index (χ0) is 16.1. The molecule has 3 atom stereocenters. The van der Waals surface area contributed by atoms with Crippen LogP contribution in [0.2, 0.25) is 10.5 Å². The first-order chi connectivity index (χ1) is 9.83. The quantitative estimate of drug-likeness (QED) is 0.531. The third-order valence-corrected chi connectivity index (χ3v) is 8.88. The Balaban J connectivity index is 3.20. The van der Waals surface area contributed by atoms with Gasteiger partial charge in [0, 0.05) is 0 Å². The summed E-state index contributed by atoms with van der Waals surface area (Å²) >= 11 is -1.45. The predicted molar refractivity (Wildman–Crippen MR) is 82.7 cm³/mol. The molecule has 0 heterocycles. The van der Waals surface area contributed by atoms with Crippen LogP contribution in [0.4, 0.5) is 0 Å². The van der Waals surface area contributed by atoms with Crippen LogP contribution < -0.4 is 10.6 Å². The Labute approximate surface area is 135 Å². The van der Waals surface area contributed by atoms with Gasteiger partial charge in [0.2, 0.25) is 0 Å². The van der Waals surface area contributed by atoms with Gasteiger partial charge in [-0.3, -0.25) is 0 Å². The van der Waals surface area contributed by atoms with E-state index in [4.69, 9.17) is 0 Å². The molecule has 0 aromatic rings. The van der Waals surface area contributed by atoms with Crippen LogP contribution in [-0.4, -0.2) is 22.7 Å². The van der Waals surface area contributed by atoms with E-state index in [2.05, 4.69) is 41.9 Å². The van der Waals surface area contributed by atoms with Crippen molar-refractivity contribution in [2.24, 2.45) is 11.3 Å². The maximum atomic E-state index is 11.3. The number of carbonyl (C=O) groups excluding carboxylic acids is 2. The molecule has 0 aromatic carbocycles. The molecule has 0 bridgehead atoms. The minimum atomic E-state index is -1.45. The van der Waals surface area contributed by atoms with Gasteiger partial charge in [-0.1, -0.05) is 0 Å². The Morgan fingerprint density at radius 2 is 1.90 bits per heavy atom. The van der Waals surface area contributed by atoms with Crippen LogP contribution in [0, 0.1) is 11.3 Å². The summed E-state index contributed by atoms with van der Waals surface area (Å²) in [4.78, 5) is 22.4. The van der Waals surface area contributed by atoms with E-state index in [0.717, 1.165) is 44.9 Å². The molecule has 1 aliphatic carbocycles. The van der Waals surface area contributed by atoms with Crippen LogP contribution in [-0.2, 0) is 27.5 Å². The van der Waals surface area contributed by atoms with Crippen molar-refractivity contribution in [1.29, 1.82) is 0 Å². The summed E-state index contributed by atoms with van der Waals surface area (Å²) in [5.41, 5.74) is 0.143. The van der Waals surface area contributed by atoms with Crippen LogP contribution in [0.1, 0.15) is 52.9 Å².